The van der Waals surface area contributed by atoms with Gasteiger partial charge in [-0.25, -0.2) is 8.42 Å². The standard InChI is InChI=1S/C27H31ClN2O5S/c1-19-10-14-25(35-4)26(16-19)36(32,33)30(22-13-15-24(34-3)23(28)17-22)18-27(31)29-20(2)11-12-21-8-6-5-7-9-21/h5-10,13-17,20H,11-12,18H2,1-4H3,(H,29,31)/t20-/m1/s1. The Morgan fingerprint density at radius 2 is 1.67 bits per heavy atom. The van der Waals surface area contributed by atoms with Crippen LogP contribution in [0.4, 0.5) is 5.69 Å². The number of nitrogens with zero attached hydrogens (tertiary/aromatic N) is 1. The molecule has 0 aliphatic carbocycles. The minimum absolute atomic E-state index is 0.0399. The molecular weight excluding hydrogens is 500 g/mol. The molecule has 1 amide bonds. The van der Waals surface area contributed by atoms with Crippen LogP contribution in [0.3, 0.4) is 0 Å². The number of rotatable bonds is 11. The van der Waals surface area contributed by atoms with E-state index in [4.69, 9.17) is 21.1 Å². The second-order valence-corrected chi connectivity index (χ2v) is 10.7. The van der Waals surface area contributed by atoms with Crippen molar-refractivity contribution in [3.63, 3.8) is 0 Å². The molecule has 7 nitrogen and oxygen atoms in total. The Kier molecular flexibility index (Phi) is 9.23. The van der Waals surface area contributed by atoms with E-state index < -0.39 is 22.5 Å². The predicted octanol–water partition coefficient (Wildman–Crippen LogP) is 5.00. The molecular formula is C27H31ClN2O5S. The van der Waals surface area contributed by atoms with Crippen molar-refractivity contribution in [1.82, 2.24) is 5.32 Å². The zero-order chi connectivity index (χ0) is 26.3. The van der Waals surface area contributed by atoms with Crippen LogP contribution in [-0.2, 0) is 21.2 Å². The zero-order valence-corrected chi connectivity index (χ0v) is 22.4. The summed E-state index contributed by atoms with van der Waals surface area (Å²) in [6.45, 7) is 3.25. The van der Waals surface area contributed by atoms with Crippen molar-refractivity contribution in [3.8, 4) is 11.5 Å². The van der Waals surface area contributed by atoms with Crippen LogP contribution >= 0.6 is 11.6 Å². The van der Waals surface area contributed by atoms with Gasteiger partial charge in [-0.15, -0.1) is 0 Å². The van der Waals surface area contributed by atoms with E-state index in [1.54, 1.807) is 31.2 Å². The monoisotopic (exact) mass is 530 g/mol. The van der Waals surface area contributed by atoms with E-state index in [1.807, 2.05) is 37.3 Å². The van der Waals surface area contributed by atoms with E-state index in [1.165, 1.54) is 31.9 Å². The highest BCUT2D eigenvalue weighted by atomic mass is 35.5. The van der Waals surface area contributed by atoms with E-state index in [0.29, 0.717) is 12.2 Å². The Morgan fingerprint density at radius 3 is 2.31 bits per heavy atom. The Morgan fingerprint density at radius 1 is 1.00 bits per heavy atom. The summed E-state index contributed by atoms with van der Waals surface area (Å²) >= 11 is 6.30. The van der Waals surface area contributed by atoms with Crippen LogP contribution in [0, 0.1) is 6.92 Å². The summed E-state index contributed by atoms with van der Waals surface area (Å²) in [6, 6.07) is 19.3. The van der Waals surface area contributed by atoms with Crippen LogP contribution in [-0.4, -0.2) is 41.1 Å². The molecule has 36 heavy (non-hydrogen) atoms. The molecule has 0 fully saturated rings. The molecule has 192 valence electrons. The van der Waals surface area contributed by atoms with Gasteiger partial charge in [-0.2, -0.15) is 0 Å². The first-order chi connectivity index (χ1) is 17.1. The third-order valence-electron chi connectivity index (χ3n) is 5.71. The summed E-state index contributed by atoms with van der Waals surface area (Å²) in [7, 11) is -1.32. The number of hydrogen-bond donors (Lipinski definition) is 1. The number of carbonyl (C=O) groups excluding carboxylic acids is 1. The summed E-state index contributed by atoms with van der Waals surface area (Å²) < 4.78 is 39.3. The number of halogens is 1. The average molecular weight is 531 g/mol. The quantitative estimate of drug-likeness (QED) is 0.377. The molecule has 0 bridgehead atoms. The third kappa shape index (κ3) is 6.71. The van der Waals surface area contributed by atoms with Gasteiger partial charge in [0, 0.05) is 6.04 Å². The van der Waals surface area contributed by atoms with E-state index in [0.717, 1.165) is 16.3 Å². The van der Waals surface area contributed by atoms with Crippen LogP contribution < -0.4 is 19.1 Å². The van der Waals surface area contributed by atoms with E-state index >= 15 is 0 Å². The number of sulfonamides is 1. The molecule has 1 atom stereocenters. The predicted molar refractivity (Wildman–Crippen MR) is 143 cm³/mol. The van der Waals surface area contributed by atoms with E-state index in [9.17, 15) is 13.2 Å². The van der Waals surface area contributed by atoms with Crippen molar-refractivity contribution in [2.75, 3.05) is 25.1 Å². The lowest BCUT2D eigenvalue weighted by Gasteiger charge is -2.26. The molecule has 9 heteroatoms. The number of anilines is 1. The van der Waals surface area contributed by atoms with Crippen LogP contribution in [0.15, 0.2) is 71.6 Å². The first-order valence-corrected chi connectivity index (χ1v) is 13.3. The lowest BCUT2D eigenvalue weighted by Crippen LogP contribution is -2.43. The van der Waals surface area contributed by atoms with Crippen LogP contribution in [0.25, 0.3) is 0 Å². The maximum atomic E-state index is 13.9. The molecule has 0 spiro atoms. The minimum Gasteiger partial charge on any atom is -0.495 e. The Balaban J connectivity index is 1.89. The molecule has 0 saturated heterocycles. The van der Waals surface area contributed by atoms with Crippen LogP contribution in [0.1, 0.15) is 24.5 Å². The molecule has 0 aliphatic rings. The highest BCUT2D eigenvalue weighted by molar-refractivity contribution is 7.93. The second kappa shape index (κ2) is 12.1. The highest BCUT2D eigenvalue weighted by Crippen LogP contribution is 2.34. The van der Waals surface area contributed by atoms with Gasteiger partial charge in [-0.05, 0) is 68.1 Å². The van der Waals surface area contributed by atoms with Gasteiger partial charge in [0.15, 0.2) is 0 Å². The lowest BCUT2D eigenvalue weighted by atomic mass is 10.1. The molecule has 0 radical (unpaired) electrons. The SMILES string of the molecule is COc1ccc(N(CC(=O)N[C@H](C)CCc2ccccc2)S(=O)(=O)c2cc(C)ccc2OC)cc1Cl. The first kappa shape index (κ1) is 27.4. The number of hydrogen-bond acceptors (Lipinski definition) is 5. The van der Waals surface area contributed by atoms with Crippen molar-refractivity contribution in [1.29, 1.82) is 0 Å². The van der Waals surface area contributed by atoms with Gasteiger partial charge in [-0.1, -0.05) is 48.0 Å². The van der Waals surface area contributed by atoms with E-state index in [2.05, 4.69) is 5.32 Å². The minimum atomic E-state index is -4.19. The fourth-order valence-corrected chi connectivity index (χ4v) is 5.69. The van der Waals surface area contributed by atoms with Gasteiger partial charge in [0.25, 0.3) is 10.0 Å². The molecule has 0 aliphatic heterocycles. The number of amides is 1. The number of benzene rings is 3. The Hall–Kier alpha value is -3.23. The fraction of sp³-hybridized carbons (Fsp3) is 0.296. The van der Waals surface area contributed by atoms with Gasteiger partial charge >= 0.3 is 0 Å². The molecule has 1 N–H and O–H groups in total. The molecule has 0 heterocycles. The molecule has 3 aromatic carbocycles. The lowest BCUT2D eigenvalue weighted by molar-refractivity contribution is -0.120. The summed E-state index contributed by atoms with van der Waals surface area (Å²) in [5.74, 6) is 0.143. The topological polar surface area (TPSA) is 84.9 Å². The van der Waals surface area contributed by atoms with Gasteiger partial charge in [0.2, 0.25) is 5.91 Å². The average Bonchev–Trinajstić information content (AvgIpc) is 2.86. The summed E-state index contributed by atoms with van der Waals surface area (Å²) in [5.41, 5.74) is 2.14. The van der Waals surface area contributed by atoms with Crippen molar-refractivity contribution < 1.29 is 22.7 Å². The number of ether oxygens (including phenoxy) is 2. The Bertz CT molecular complexity index is 1300. The number of methoxy groups -OCH3 is 2. The number of aryl methyl sites for hydroxylation is 2. The molecule has 0 aromatic heterocycles. The first-order valence-electron chi connectivity index (χ1n) is 11.5. The molecule has 3 rings (SSSR count). The Labute approximate surface area is 218 Å². The van der Waals surface area contributed by atoms with Gasteiger partial charge < -0.3 is 14.8 Å². The third-order valence-corrected chi connectivity index (χ3v) is 7.80. The van der Waals surface area contributed by atoms with Gasteiger partial charge in [-0.3, -0.25) is 9.10 Å². The summed E-state index contributed by atoms with van der Waals surface area (Å²) in [4.78, 5) is 13.0. The highest BCUT2D eigenvalue weighted by Gasteiger charge is 2.31. The van der Waals surface area contributed by atoms with Crippen molar-refractivity contribution in [2.45, 2.75) is 37.6 Å². The maximum absolute atomic E-state index is 13.9. The molecule has 0 unspecified atom stereocenters. The zero-order valence-electron chi connectivity index (χ0n) is 20.8. The van der Waals surface area contributed by atoms with Gasteiger partial charge in [0.1, 0.15) is 22.9 Å². The van der Waals surface area contributed by atoms with Crippen LogP contribution in [0.5, 0.6) is 11.5 Å². The largest absolute Gasteiger partial charge is 0.495 e. The van der Waals surface area contributed by atoms with Crippen LogP contribution in [0.2, 0.25) is 5.02 Å². The molecule has 3 aromatic rings. The number of carbonyl (C=O) groups is 1. The smallest absolute Gasteiger partial charge is 0.268 e. The summed E-state index contributed by atoms with van der Waals surface area (Å²) in [5, 5.41) is 3.14. The fourth-order valence-electron chi connectivity index (χ4n) is 3.78. The molecule has 0 saturated carbocycles. The normalized spacial score (nSPS) is 12.0. The van der Waals surface area contributed by atoms with E-state index in [-0.39, 0.29) is 27.4 Å². The maximum Gasteiger partial charge on any atom is 0.268 e. The van der Waals surface area contributed by atoms with Crippen molar-refractivity contribution in [3.05, 3.63) is 82.9 Å². The van der Waals surface area contributed by atoms with Crippen molar-refractivity contribution >= 4 is 33.2 Å². The summed E-state index contributed by atoms with van der Waals surface area (Å²) in [6.07, 6.45) is 1.50. The van der Waals surface area contributed by atoms with Crippen molar-refractivity contribution in [2.24, 2.45) is 0 Å². The second-order valence-electron chi connectivity index (χ2n) is 8.48. The van der Waals surface area contributed by atoms with Gasteiger partial charge in [0.05, 0.1) is 24.9 Å². The number of nitrogens with one attached hydrogen (secondary N) is 1.